The van der Waals surface area contributed by atoms with E-state index in [1.165, 1.54) is 118 Å². The van der Waals surface area contributed by atoms with Crippen molar-refractivity contribution in [2.24, 2.45) is 0 Å². The molecule has 4 heteroatoms. The maximum atomic E-state index is 2.68. The average Bonchev–Trinajstić information content (AvgIpc) is 3.98. The van der Waals surface area contributed by atoms with Crippen molar-refractivity contribution in [2.75, 3.05) is 0 Å². The SMILES string of the molecule is C[CH2][Sn][CH2]c1cc2c(s1)-c1c(C)cc3c4c(c(C)cc3c1C2(c1ccc(C)cc1)c1ccc(C)cc1)-c1s[c]([Sn]([CH3])([CH3])[CH3])cc1C4(c1ccc(C)cc1)c1ccc(C)cc1. The molecule has 0 unspecified atom stereocenters. The van der Waals surface area contributed by atoms with E-state index >= 15 is 0 Å². The van der Waals surface area contributed by atoms with Crippen LogP contribution in [0.1, 0.15) is 89.7 Å². The Bertz CT molecular complexity index is 2880. The van der Waals surface area contributed by atoms with Crippen LogP contribution in [0, 0.1) is 41.5 Å². The van der Waals surface area contributed by atoms with Gasteiger partial charge in [-0.25, -0.2) is 0 Å². The zero-order valence-electron chi connectivity index (χ0n) is 36.8. The van der Waals surface area contributed by atoms with Crippen LogP contribution in [0.3, 0.4) is 0 Å². The molecule has 2 aliphatic carbocycles. The molecule has 2 aromatic heterocycles. The Morgan fingerprint density at radius 3 is 1.22 bits per heavy atom. The molecule has 2 heterocycles. The maximum absolute atomic E-state index is 2.68. The quantitative estimate of drug-likeness (QED) is 0.133. The van der Waals surface area contributed by atoms with Crippen LogP contribution in [0.4, 0.5) is 0 Å². The van der Waals surface area contributed by atoms with Gasteiger partial charge in [-0.3, -0.25) is 0 Å². The second-order valence-electron chi connectivity index (χ2n) is 18.8. The molecule has 0 aliphatic heterocycles. The molecule has 298 valence electrons. The van der Waals surface area contributed by atoms with Gasteiger partial charge in [0.2, 0.25) is 0 Å². The molecule has 0 fully saturated rings. The Morgan fingerprint density at radius 2 is 0.850 bits per heavy atom. The second-order valence-corrected chi connectivity index (χ2v) is 40.8. The number of fused-ring (bicyclic) bond motifs is 9. The molecule has 0 atom stereocenters. The summed E-state index contributed by atoms with van der Waals surface area (Å²) in [5.74, 6) is 0. The zero-order chi connectivity index (χ0) is 41.9. The summed E-state index contributed by atoms with van der Waals surface area (Å²) in [6.07, 6.45) is 0. The topological polar surface area (TPSA) is 0 Å². The van der Waals surface area contributed by atoms with Gasteiger partial charge in [-0.15, -0.1) is 0 Å². The predicted octanol–water partition coefficient (Wildman–Crippen LogP) is 14.7. The van der Waals surface area contributed by atoms with Gasteiger partial charge < -0.3 is 0 Å². The summed E-state index contributed by atoms with van der Waals surface area (Å²) in [5, 5.41) is 2.80. The van der Waals surface area contributed by atoms with Crippen molar-refractivity contribution in [2.45, 2.75) is 83.0 Å². The number of aryl methyl sites for hydroxylation is 6. The third-order valence-corrected chi connectivity index (χ3v) is 29.3. The van der Waals surface area contributed by atoms with Gasteiger partial charge in [0.25, 0.3) is 0 Å². The van der Waals surface area contributed by atoms with Gasteiger partial charge in [0.15, 0.2) is 0 Å². The summed E-state index contributed by atoms with van der Waals surface area (Å²) in [5.41, 5.74) is 21.3. The first-order valence-corrected chi connectivity index (χ1v) is 37.3. The van der Waals surface area contributed by atoms with Gasteiger partial charge in [0, 0.05) is 0 Å². The molecule has 8 aromatic rings. The monoisotopic (exact) mass is 1030 g/mol. The molecule has 0 spiro atoms. The van der Waals surface area contributed by atoms with Crippen molar-refractivity contribution in [3.8, 4) is 20.9 Å². The van der Waals surface area contributed by atoms with E-state index in [-0.39, 0.29) is 0 Å². The van der Waals surface area contributed by atoms with Crippen LogP contribution >= 0.6 is 22.7 Å². The Hall–Kier alpha value is -3.42. The van der Waals surface area contributed by atoms with E-state index in [2.05, 4.69) is 207 Å². The van der Waals surface area contributed by atoms with Gasteiger partial charge in [-0.1, -0.05) is 0 Å². The van der Waals surface area contributed by atoms with Crippen molar-refractivity contribution in [1.29, 1.82) is 0 Å². The first-order valence-electron chi connectivity index (χ1n) is 21.7. The predicted molar refractivity (Wildman–Crippen MR) is 266 cm³/mol. The van der Waals surface area contributed by atoms with E-state index < -0.39 is 50.3 Å². The number of hydrogen-bond acceptors (Lipinski definition) is 2. The fraction of sp³-hybridized carbons (Fsp3) is 0.250. The van der Waals surface area contributed by atoms with Crippen LogP contribution < -0.4 is 2.89 Å². The van der Waals surface area contributed by atoms with Gasteiger partial charge in [0.1, 0.15) is 0 Å². The molecular weight excluding hydrogens is 974 g/mol. The fourth-order valence-electron chi connectivity index (χ4n) is 10.7. The van der Waals surface area contributed by atoms with Gasteiger partial charge in [-0.05, 0) is 0 Å². The standard InChI is InChI=1S/C51H40S2.C2H5.3CH3.2Sn/c1-29-8-16-36(17-9-29)50(37-18-10-30(2)11-19-37)42-24-25-52-48(42)44-33(5)26-41-40(46(44)50)27-34(6)45-47(41)51(38-20-12-31(3)13-21-38,39-22-14-32(4)15-23-39)43-28-35(7)53-49(43)45;1-2;;;;;/h8-24,26-28H,7H2,1-6H3;1H2,2H3;3*1H3;;. The molecule has 6 aromatic carbocycles. The summed E-state index contributed by atoms with van der Waals surface area (Å²) >= 11 is 1.25. The second kappa shape index (κ2) is 14.9. The molecule has 0 N–H and O–H groups in total. The molecular formula is C56H54S2Sn2. The normalized spacial score (nSPS) is 14.6. The van der Waals surface area contributed by atoms with Crippen LogP contribution in [0.15, 0.2) is 121 Å². The third kappa shape index (κ3) is 5.93. The number of thiophene rings is 2. The molecule has 0 bridgehead atoms. The molecule has 2 radical (unpaired) electrons. The Labute approximate surface area is 380 Å². The van der Waals surface area contributed by atoms with Crippen molar-refractivity contribution in [1.82, 2.24) is 0 Å². The molecule has 10 rings (SSSR count). The summed E-state index contributed by atoms with van der Waals surface area (Å²) in [4.78, 5) is 12.3. The van der Waals surface area contributed by atoms with E-state index in [0.29, 0.717) is 0 Å². The van der Waals surface area contributed by atoms with Gasteiger partial charge in [0.05, 0.1) is 0 Å². The Morgan fingerprint density at radius 1 is 0.483 bits per heavy atom. The van der Waals surface area contributed by atoms with Crippen molar-refractivity contribution < 1.29 is 0 Å². The Balaban J connectivity index is 1.42. The molecule has 2 aliphatic rings. The first kappa shape index (κ1) is 40.6. The van der Waals surface area contributed by atoms with Crippen LogP contribution in [0.5, 0.6) is 0 Å². The number of hydrogen-bond donors (Lipinski definition) is 0. The minimum absolute atomic E-state index is 0.457. The fourth-order valence-corrected chi connectivity index (χ4v) is 21.4. The average molecular weight is 1030 g/mol. The van der Waals surface area contributed by atoms with Crippen molar-refractivity contribution in [3.63, 3.8) is 0 Å². The van der Waals surface area contributed by atoms with Crippen LogP contribution in [0.25, 0.3) is 31.7 Å². The third-order valence-electron chi connectivity index (χ3n) is 13.6. The molecule has 0 saturated carbocycles. The molecule has 0 amide bonds. The van der Waals surface area contributed by atoms with Crippen molar-refractivity contribution in [3.05, 3.63) is 204 Å². The number of rotatable bonds is 8. The van der Waals surface area contributed by atoms with Crippen LogP contribution in [0.2, 0.25) is 19.3 Å². The summed E-state index contributed by atoms with van der Waals surface area (Å²) < 4.78 is 4.31. The van der Waals surface area contributed by atoms with Gasteiger partial charge >= 0.3 is 384 Å². The molecule has 60 heavy (non-hydrogen) atoms. The summed E-state index contributed by atoms with van der Waals surface area (Å²) in [7, 11) is 0. The van der Waals surface area contributed by atoms with Crippen LogP contribution in [-0.4, -0.2) is 39.5 Å². The van der Waals surface area contributed by atoms with Gasteiger partial charge in [-0.2, -0.15) is 0 Å². The minimum atomic E-state index is -2.50. The van der Waals surface area contributed by atoms with E-state index in [1.807, 2.05) is 0 Å². The van der Waals surface area contributed by atoms with Crippen molar-refractivity contribution >= 4 is 75.9 Å². The van der Waals surface area contributed by atoms with E-state index in [9.17, 15) is 0 Å². The molecule has 0 nitrogen and oxygen atoms in total. The van der Waals surface area contributed by atoms with E-state index in [4.69, 9.17) is 0 Å². The van der Waals surface area contributed by atoms with Crippen LogP contribution in [-0.2, 0) is 15.3 Å². The zero-order valence-corrected chi connectivity index (χ0v) is 44.1. The van der Waals surface area contributed by atoms with E-state index in [0.717, 1.165) is 0 Å². The summed E-state index contributed by atoms with van der Waals surface area (Å²) in [6, 6.07) is 48.9. The Kier molecular flexibility index (Phi) is 10.1. The number of benzene rings is 6. The summed E-state index contributed by atoms with van der Waals surface area (Å²) in [6.45, 7) is 16.1. The molecule has 0 saturated heterocycles. The van der Waals surface area contributed by atoms with E-state index in [1.54, 1.807) is 7.77 Å². The first-order chi connectivity index (χ1) is 28.8.